The lowest BCUT2D eigenvalue weighted by Crippen LogP contribution is -2.59. The minimum Gasteiger partial charge on any atom is -0.480 e. The smallest absolute Gasteiger partial charge is 0.329 e. The summed E-state index contributed by atoms with van der Waals surface area (Å²) in [6.07, 6.45) is 5.66. The van der Waals surface area contributed by atoms with Crippen LogP contribution in [0.25, 0.3) is 5.69 Å². The van der Waals surface area contributed by atoms with E-state index in [4.69, 9.17) is 0 Å². The van der Waals surface area contributed by atoms with Gasteiger partial charge in [0.2, 0.25) is 0 Å². The van der Waals surface area contributed by atoms with Crippen LogP contribution in [0.5, 0.6) is 0 Å². The van der Waals surface area contributed by atoms with Gasteiger partial charge in [-0.1, -0.05) is 0 Å². The summed E-state index contributed by atoms with van der Waals surface area (Å²) < 4.78 is 1.94. The van der Waals surface area contributed by atoms with E-state index in [-0.39, 0.29) is 5.91 Å². The number of carboxylic acids is 1. The van der Waals surface area contributed by atoms with Gasteiger partial charge in [-0.3, -0.25) is 4.79 Å². The summed E-state index contributed by atoms with van der Waals surface area (Å²) in [6, 6.07) is 10.9. The zero-order valence-electron chi connectivity index (χ0n) is 11.5. The molecule has 0 unspecified atom stereocenters. The maximum Gasteiger partial charge on any atom is 0.329 e. The van der Waals surface area contributed by atoms with Crippen LogP contribution in [0.3, 0.4) is 0 Å². The average Bonchev–Trinajstić information content (AvgIpc) is 2.96. The van der Waals surface area contributed by atoms with Gasteiger partial charge in [0.1, 0.15) is 5.54 Å². The Balaban J connectivity index is 1.75. The number of carboxylic acid groups (broad SMARTS) is 1. The predicted molar refractivity (Wildman–Crippen MR) is 77.5 cm³/mol. The maximum absolute atomic E-state index is 12.2. The van der Waals surface area contributed by atoms with Crippen molar-refractivity contribution >= 4 is 11.9 Å². The second kappa shape index (κ2) is 5.09. The van der Waals surface area contributed by atoms with Crippen LogP contribution in [0, 0.1) is 0 Å². The van der Waals surface area contributed by atoms with Gasteiger partial charge in [-0.2, -0.15) is 0 Å². The number of rotatable bonds is 4. The molecule has 0 aliphatic heterocycles. The molecule has 1 aromatic carbocycles. The molecule has 1 aliphatic carbocycles. The van der Waals surface area contributed by atoms with Crippen LogP contribution in [-0.2, 0) is 4.79 Å². The minimum atomic E-state index is -1.07. The summed E-state index contributed by atoms with van der Waals surface area (Å²) >= 11 is 0. The number of carbonyl (C=O) groups excluding carboxylic acids is 1. The van der Waals surface area contributed by atoms with Crippen molar-refractivity contribution in [2.24, 2.45) is 0 Å². The fourth-order valence-electron chi connectivity index (χ4n) is 2.50. The van der Waals surface area contributed by atoms with Crippen LogP contribution in [0.1, 0.15) is 29.6 Å². The first kappa shape index (κ1) is 13.4. The van der Waals surface area contributed by atoms with Gasteiger partial charge in [-0.05, 0) is 55.7 Å². The molecule has 1 aromatic heterocycles. The Morgan fingerprint density at radius 3 is 2.19 bits per heavy atom. The number of amides is 1. The van der Waals surface area contributed by atoms with E-state index in [0.717, 1.165) is 12.1 Å². The molecular weight excluding hydrogens is 268 g/mol. The number of hydrogen-bond donors (Lipinski definition) is 2. The van der Waals surface area contributed by atoms with Crippen LogP contribution in [0.15, 0.2) is 48.8 Å². The third-order valence-corrected chi connectivity index (χ3v) is 4.00. The zero-order valence-corrected chi connectivity index (χ0v) is 11.5. The van der Waals surface area contributed by atoms with Gasteiger partial charge in [0, 0.05) is 23.6 Å². The van der Waals surface area contributed by atoms with Crippen LogP contribution in [0.2, 0.25) is 0 Å². The summed E-state index contributed by atoms with van der Waals surface area (Å²) in [6.45, 7) is 0. The molecule has 0 radical (unpaired) electrons. The van der Waals surface area contributed by atoms with Gasteiger partial charge in [0.05, 0.1) is 0 Å². The third kappa shape index (κ3) is 2.42. The molecule has 2 aromatic rings. The van der Waals surface area contributed by atoms with E-state index in [1.807, 2.05) is 41.2 Å². The first-order valence-electron chi connectivity index (χ1n) is 6.90. The van der Waals surface area contributed by atoms with E-state index in [2.05, 4.69) is 5.32 Å². The minimum absolute atomic E-state index is 0.337. The molecule has 3 rings (SSSR count). The summed E-state index contributed by atoms with van der Waals surface area (Å²) in [7, 11) is 0. The van der Waals surface area contributed by atoms with Crippen molar-refractivity contribution in [1.29, 1.82) is 0 Å². The van der Waals surface area contributed by atoms with Gasteiger partial charge in [0.25, 0.3) is 5.91 Å². The number of nitrogens with zero attached hydrogens (tertiary/aromatic N) is 1. The van der Waals surface area contributed by atoms with Crippen LogP contribution >= 0.6 is 0 Å². The van der Waals surface area contributed by atoms with E-state index < -0.39 is 11.5 Å². The SMILES string of the molecule is O=C(NC1(C(=O)O)CCC1)c1ccc(-n2cccc2)cc1. The molecule has 1 heterocycles. The molecular formula is C16H16N2O3. The monoisotopic (exact) mass is 284 g/mol. The molecule has 0 bridgehead atoms. The van der Waals surface area contributed by atoms with Crippen LogP contribution in [-0.4, -0.2) is 27.1 Å². The van der Waals surface area contributed by atoms with Crippen molar-refractivity contribution in [2.75, 3.05) is 0 Å². The van der Waals surface area contributed by atoms with Gasteiger partial charge >= 0.3 is 5.97 Å². The summed E-state index contributed by atoms with van der Waals surface area (Å²) in [4.78, 5) is 23.4. The molecule has 0 spiro atoms. The molecule has 1 aliphatic rings. The summed E-state index contributed by atoms with van der Waals surface area (Å²) in [5, 5.41) is 11.9. The lowest BCUT2D eigenvalue weighted by atomic mass is 9.76. The second-order valence-electron chi connectivity index (χ2n) is 5.33. The maximum atomic E-state index is 12.2. The lowest BCUT2D eigenvalue weighted by molar-refractivity contribution is -0.148. The summed E-state index contributed by atoms with van der Waals surface area (Å²) in [5.41, 5.74) is 0.350. The number of aliphatic carboxylic acids is 1. The van der Waals surface area contributed by atoms with E-state index in [0.29, 0.717) is 18.4 Å². The van der Waals surface area contributed by atoms with Crippen LogP contribution < -0.4 is 5.32 Å². The number of aromatic nitrogens is 1. The summed E-state index contributed by atoms with van der Waals surface area (Å²) in [5.74, 6) is -1.29. The van der Waals surface area contributed by atoms with Crippen molar-refractivity contribution in [3.05, 3.63) is 54.4 Å². The molecule has 1 saturated carbocycles. The number of benzene rings is 1. The standard InChI is InChI=1S/C16H16N2O3/c19-14(17-16(15(20)21)8-3-9-16)12-4-6-13(7-5-12)18-10-1-2-11-18/h1-2,4-7,10-11H,3,8-9H2,(H,17,19)(H,20,21). The van der Waals surface area contributed by atoms with Crippen LogP contribution in [0.4, 0.5) is 0 Å². The molecule has 2 N–H and O–H groups in total. The fourth-order valence-corrected chi connectivity index (χ4v) is 2.50. The fraction of sp³-hybridized carbons (Fsp3) is 0.250. The van der Waals surface area contributed by atoms with Crippen molar-refractivity contribution < 1.29 is 14.7 Å². The highest BCUT2D eigenvalue weighted by Gasteiger charge is 2.45. The van der Waals surface area contributed by atoms with Crippen molar-refractivity contribution in [3.63, 3.8) is 0 Å². The quantitative estimate of drug-likeness (QED) is 0.904. The van der Waals surface area contributed by atoms with E-state index in [9.17, 15) is 14.7 Å². The third-order valence-electron chi connectivity index (χ3n) is 4.00. The van der Waals surface area contributed by atoms with Gasteiger partial charge in [0.15, 0.2) is 0 Å². The molecule has 5 heteroatoms. The molecule has 21 heavy (non-hydrogen) atoms. The highest BCUT2D eigenvalue weighted by atomic mass is 16.4. The molecule has 5 nitrogen and oxygen atoms in total. The second-order valence-corrected chi connectivity index (χ2v) is 5.33. The molecule has 0 saturated heterocycles. The Kier molecular flexibility index (Phi) is 3.25. The number of hydrogen-bond acceptors (Lipinski definition) is 2. The lowest BCUT2D eigenvalue weighted by Gasteiger charge is -2.38. The number of carbonyl (C=O) groups is 2. The van der Waals surface area contributed by atoms with E-state index >= 15 is 0 Å². The Bertz CT molecular complexity index is 655. The largest absolute Gasteiger partial charge is 0.480 e. The van der Waals surface area contributed by atoms with Gasteiger partial charge in [-0.15, -0.1) is 0 Å². The molecule has 1 fully saturated rings. The first-order valence-corrected chi connectivity index (χ1v) is 6.90. The highest BCUT2D eigenvalue weighted by molar-refractivity contribution is 5.98. The molecule has 1 amide bonds. The Morgan fingerprint density at radius 1 is 1.10 bits per heavy atom. The first-order chi connectivity index (χ1) is 10.1. The van der Waals surface area contributed by atoms with Gasteiger partial charge < -0.3 is 15.0 Å². The Labute approximate surface area is 122 Å². The normalized spacial score (nSPS) is 16.0. The van der Waals surface area contributed by atoms with E-state index in [1.165, 1.54) is 0 Å². The Morgan fingerprint density at radius 2 is 1.71 bits per heavy atom. The molecule has 108 valence electrons. The van der Waals surface area contributed by atoms with E-state index in [1.54, 1.807) is 12.1 Å². The van der Waals surface area contributed by atoms with Crippen molar-refractivity contribution in [1.82, 2.24) is 9.88 Å². The molecule has 0 atom stereocenters. The van der Waals surface area contributed by atoms with Gasteiger partial charge in [-0.25, -0.2) is 4.79 Å². The number of nitrogens with one attached hydrogen (secondary N) is 1. The Hall–Kier alpha value is -2.56. The highest BCUT2D eigenvalue weighted by Crippen LogP contribution is 2.32. The van der Waals surface area contributed by atoms with Crippen molar-refractivity contribution in [2.45, 2.75) is 24.8 Å². The zero-order chi connectivity index (χ0) is 14.9. The predicted octanol–water partition coefficient (Wildman–Crippen LogP) is 2.21. The average molecular weight is 284 g/mol. The topological polar surface area (TPSA) is 71.3 Å². The van der Waals surface area contributed by atoms with Crippen molar-refractivity contribution in [3.8, 4) is 5.69 Å².